The Morgan fingerprint density at radius 2 is 1.93 bits per heavy atom. The number of rotatable bonds is 1. The Kier molecular flexibility index (Phi) is 2.56. The van der Waals surface area contributed by atoms with E-state index in [-0.39, 0.29) is 0 Å². The van der Waals surface area contributed by atoms with Gasteiger partial charge in [-0.15, -0.1) is 0 Å². The van der Waals surface area contributed by atoms with Gasteiger partial charge in [0.15, 0.2) is 0 Å². The number of allylic oxidation sites excluding steroid dienone is 4. The highest BCUT2D eigenvalue weighted by Crippen LogP contribution is 2.48. The minimum atomic E-state index is 0.367. The second-order valence-corrected chi connectivity index (χ2v) is 6.54. The summed E-state index contributed by atoms with van der Waals surface area (Å²) < 4.78 is 0. The molecule has 0 heterocycles. The maximum Gasteiger partial charge on any atom is -0.00940 e. The lowest BCUT2D eigenvalue weighted by molar-refractivity contribution is 0.440. The molecule has 2 aliphatic rings. The molecule has 0 aromatic heterocycles. The molecule has 2 aliphatic carbocycles. The van der Waals surface area contributed by atoms with Crippen LogP contribution in [0.15, 0.2) is 22.8 Å². The molecule has 0 aliphatic heterocycles. The highest BCUT2D eigenvalue weighted by Gasteiger charge is 2.33. The topological polar surface area (TPSA) is 0 Å². The first-order chi connectivity index (χ1) is 6.89. The highest BCUT2D eigenvalue weighted by atomic mass is 14.4. The Morgan fingerprint density at radius 1 is 1.27 bits per heavy atom. The van der Waals surface area contributed by atoms with Gasteiger partial charge in [0, 0.05) is 0 Å². The molecule has 1 unspecified atom stereocenters. The zero-order valence-corrected chi connectivity index (χ0v) is 10.9. The molecule has 0 amide bonds. The van der Waals surface area contributed by atoms with E-state index in [4.69, 9.17) is 0 Å². The van der Waals surface area contributed by atoms with Crippen LogP contribution in [0.25, 0.3) is 0 Å². The molecule has 1 atom stereocenters. The minimum Gasteiger partial charge on any atom is -0.0626 e. The van der Waals surface area contributed by atoms with Crippen LogP contribution >= 0.6 is 0 Å². The molecular formula is C15H24. The van der Waals surface area contributed by atoms with E-state index in [0.717, 1.165) is 11.8 Å². The number of hydrogen-bond acceptors (Lipinski definition) is 0. The van der Waals surface area contributed by atoms with Crippen LogP contribution in [-0.4, -0.2) is 0 Å². The Bertz CT molecular complexity index is 320. The van der Waals surface area contributed by atoms with Crippen molar-refractivity contribution in [3.63, 3.8) is 0 Å². The molecule has 15 heavy (non-hydrogen) atoms. The van der Waals surface area contributed by atoms with Crippen LogP contribution in [0.4, 0.5) is 0 Å². The van der Waals surface area contributed by atoms with Crippen molar-refractivity contribution in [1.82, 2.24) is 0 Å². The van der Waals surface area contributed by atoms with Gasteiger partial charge < -0.3 is 0 Å². The van der Waals surface area contributed by atoms with Gasteiger partial charge in [0.05, 0.1) is 0 Å². The third-order valence-electron chi connectivity index (χ3n) is 4.07. The van der Waals surface area contributed by atoms with Gasteiger partial charge in [0.2, 0.25) is 0 Å². The molecule has 0 bridgehead atoms. The summed E-state index contributed by atoms with van der Waals surface area (Å²) in [5.74, 6) is 1.66. The van der Waals surface area contributed by atoms with Crippen molar-refractivity contribution < 1.29 is 0 Å². The molecule has 0 saturated heterocycles. The quantitative estimate of drug-likeness (QED) is 0.579. The average molecular weight is 204 g/mol. The first-order valence-electron chi connectivity index (χ1n) is 6.32. The Hall–Kier alpha value is -0.520. The van der Waals surface area contributed by atoms with Gasteiger partial charge in [-0.3, -0.25) is 0 Å². The van der Waals surface area contributed by atoms with Crippen molar-refractivity contribution in [2.75, 3.05) is 0 Å². The van der Waals surface area contributed by atoms with Gasteiger partial charge in [0.25, 0.3) is 0 Å². The van der Waals surface area contributed by atoms with Crippen molar-refractivity contribution in [3.8, 4) is 0 Å². The molecule has 2 rings (SSSR count). The average Bonchev–Trinajstić information content (AvgIpc) is 2.56. The molecule has 0 nitrogen and oxygen atoms in total. The molecule has 0 aromatic carbocycles. The molecule has 0 fully saturated rings. The second kappa shape index (κ2) is 3.50. The summed E-state index contributed by atoms with van der Waals surface area (Å²) in [6, 6.07) is 0. The van der Waals surface area contributed by atoms with Gasteiger partial charge in [-0.25, -0.2) is 0 Å². The standard InChI is InChI=1S/C15H24/c1-10(2)13-7-6-11-8-12(9-14(11)13)15(3,4)5/h9-10,13H,6-8H2,1-5H3. The van der Waals surface area contributed by atoms with Crippen LogP contribution in [0.1, 0.15) is 53.9 Å². The SMILES string of the molecule is CC(C)C1CCC2=C1C=C(C(C)(C)C)C2. The lowest BCUT2D eigenvalue weighted by Crippen LogP contribution is -2.10. The predicted octanol–water partition coefficient (Wildman–Crippen LogP) is 4.73. The van der Waals surface area contributed by atoms with Gasteiger partial charge >= 0.3 is 0 Å². The summed E-state index contributed by atoms with van der Waals surface area (Å²) in [5.41, 5.74) is 5.47. The molecule has 0 radical (unpaired) electrons. The summed E-state index contributed by atoms with van der Waals surface area (Å²) in [6.45, 7) is 11.7. The maximum absolute atomic E-state index is 2.52. The van der Waals surface area contributed by atoms with Crippen LogP contribution in [-0.2, 0) is 0 Å². The van der Waals surface area contributed by atoms with E-state index in [1.807, 2.05) is 0 Å². The van der Waals surface area contributed by atoms with Gasteiger partial charge in [-0.05, 0) is 42.1 Å². The molecule has 84 valence electrons. The fraction of sp³-hybridized carbons (Fsp3) is 0.733. The van der Waals surface area contributed by atoms with E-state index >= 15 is 0 Å². The van der Waals surface area contributed by atoms with Crippen molar-refractivity contribution >= 4 is 0 Å². The Labute approximate surface area is 94.5 Å². The summed E-state index contributed by atoms with van der Waals surface area (Å²) in [7, 11) is 0. The normalized spacial score (nSPS) is 26.3. The lowest BCUT2D eigenvalue weighted by Gasteiger charge is -2.22. The van der Waals surface area contributed by atoms with Gasteiger partial charge in [-0.1, -0.05) is 51.8 Å². The van der Waals surface area contributed by atoms with E-state index in [1.165, 1.54) is 19.3 Å². The largest absolute Gasteiger partial charge is 0.0626 e. The van der Waals surface area contributed by atoms with Crippen molar-refractivity contribution in [3.05, 3.63) is 22.8 Å². The summed E-state index contributed by atoms with van der Waals surface area (Å²) >= 11 is 0. The zero-order chi connectivity index (χ0) is 11.2. The van der Waals surface area contributed by atoms with Crippen LogP contribution in [0.2, 0.25) is 0 Å². The summed E-state index contributed by atoms with van der Waals surface area (Å²) in [4.78, 5) is 0. The zero-order valence-electron chi connectivity index (χ0n) is 10.9. The first-order valence-corrected chi connectivity index (χ1v) is 6.32. The minimum absolute atomic E-state index is 0.367. The van der Waals surface area contributed by atoms with E-state index in [0.29, 0.717) is 5.41 Å². The van der Waals surface area contributed by atoms with Crippen LogP contribution in [0.5, 0.6) is 0 Å². The van der Waals surface area contributed by atoms with Crippen LogP contribution in [0.3, 0.4) is 0 Å². The van der Waals surface area contributed by atoms with Crippen LogP contribution in [0, 0.1) is 17.3 Å². The summed E-state index contributed by atoms with van der Waals surface area (Å²) in [6.07, 6.45) is 6.54. The smallest absolute Gasteiger partial charge is 0.00940 e. The first kappa shape index (κ1) is 11.0. The second-order valence-electron chi connectivity index (χ2n) is 6.54. The van der Waals surface area contributed by atoms with Crippen molar-refractivity contribution in [2.45, 2.75) is 53.9 Å². The Balaban J connectivity index is 2.21. The monoisotopic (exact) mass is 204 g/mol. The lowest BCUT2D eigenvalue weighted by atomic mass is 9.83. The number of hydrogen-bond donors (Lipinski definition) is 0. The van der Waals surface area contributed by atoms with Crippen molar-refractivity contribution in [2.24, 2.45) is 17.3 Å². The predicted molar refractivity (Wildman–Crippen MR) is 66.7 cm³/mol. The molecule has 0 aromatic rings. The fourth-order valence-corrected chi connectivity index (χ4v) is 2.93. The van der Waals surface area contributed by atoms with E-state index in [2.05, 4.69) is 40.7 Å². The van der Waals surface area contributed by atoms with Gasteiger partial charge in [-0.2, -0.15) is 0 Å². The maximum atomic E-state index is 2.52. The van der Waals surface area contributed by atoms with E-state index in [1.54, 1.807) is 16.7 Å². The molecule has 0 spiro atoms. The van der Waals surface area contributed by atoms with Crippen LogP contribution < -0.4 is 0 Å². The highest BCUT2D eigenvalue weighted by molar-refractivity contribution is 5.45. The molecule has 0 N–H and O–H groups in total. The third-order valence-corrected chi connectivity index (χ3v) is 4.07. The molecule has 0 heteroatoms. The molecule has 0 saturated carbocycles. The van der Waals surface area contributed by atoms with Crippen molar-refractivity contribution in [1.29, 1.82) is 0 Å². The third kappa shape index (κ3) is 1.91. The van der Waals surface area contributed by atoms with E-state index < -0.39 is 0 Å². The summed E-state index contributed by atoms with van der Waals surface area (Å²) in [5, 5.41) is 0. The van der Waals surface area contributed by atoms with Gasteiger partial charge in [0.1, 0.15) is 0 Å². The Morgan fingerprint density at radius 3 is 2.47 bits per heavy atom. The van der Waals surface area contributed by atoms with E-state index in [9.17, 15) is 0 Å². The fourth-order valence-electron chi connectivity index (χ4n) is 2.93. The molecular weight excluding hydrogens is 180 g/mol.